The van der Waals surface area contributed by atoms with Gasteiger partial charge < -0.3 is 10.6 Å². The summed E-state index contributed by atoms with van der Waals surface area (Å²) < 4.78 is 1.17. The number of thiazole rings is 1. The van der Waals surface area contributed by atoms with E-state index in [9.17, 15) is 0 Å². The molecule has 0 saturated carbocycles. The van der Waals surface area contributed by atoms with Gasteiger partial charge in [-0.2, -0.15) is 0 Å². The molecule has 1 aliphatic heterocycles. The van der Waals surface area contributed by atoms with Crippen molar-refractivity contribution in [1.29, 1.82) is 0 Å². The van der Waals surface area contributed by atoms with Crippen LogP contribution in [0.5, 0.6) is 0 Å². The Morgan fingerprint density at radius 3 is 2.62 bits per heavy atom. The normalized spacial score (nSPS) is 15.7. The summed E-state index contributed by atoms with van der Waals surface area (Å²) in [4.78, 5) is 9.35. The van der Waals surface area contributed by atoms with Crippen molar-refractivity contribution in [3.8, 4) is 0 Å². The van der Waals surface area contributed by atoms with Crippen LogP contribution in [0.2, 0.25) is 10.0 Å². The highest BCUT2D eigenvalue weighted by molar-refractivity contribution is 7.22. The molecular formula is C19H20Cl2N4S. The first-order chi connectivity index (χ1) is 12.6. The van der Waals surface area contributed by atoms with Gasteiger partial charge in [-0.05, 0) is 36.2 Å². The van der Waals surface area contributed by atoms with Gasteiger partial charge in [0.05, 0.1) is 20.3 Å². The minimum atomic E-state index is 0.603. The molecule has 7 heteroatoms. The summed E-state index contributed by atoms with van der Waals surface area (Å²) in [5, 5.41) is 1.86. The van der Waals surface area contributed by atoms with Gasteiger partial charge >= 0.3 is 0 Å². The molecule has 3 aromatic rings. The number of hydrogen-bond donors (Lipinski definition) is 1. The highest BCUT2D eigenvalue weighted by Gasteiger charge is 2.18. The van der Waals surface area contributed by atoms with Crippen LogP contribution in [0.1, 0.15) is 5.56 Å². The maximum atomic E-state index is 6.15. The van der Waals surface area contributed by atoms with E-state index < -0.39 is 0 Å². The molecule has 2 heterocycles. The van der Waals surface area contributed by atoms with Crippen molar-refractivity contribution >= 4 is 55.6 Å². The quantitative estimate of drug-likeness (QED) is 0.689. The third kappa shape index (κ3) is 3.76. The topological polar surface area (TPSA) is 45.4 Å². The van der Waals surface area contributed by atoms with Crippen LogP contribution < -0.4 is 10.6 Å². The van der Waals surface area contributed by atoms with Crippen LogP contribution in [0.15, 0.2) is 36.4 Å². The van der Waals surface area contributed by atoms with E-state index in [0.717, 1.165) is 50.3 Å². The fraction of sp³-hybridized carbons (Fsp3) is 0.316. The highest BCUT2D eigenvalue weighted by Crippen LogP contribution is 2.28. The summed E-state index contributed by atoms with van der Waals surface area (Å²) >= 11 is 13.7. The number of nitrogen functional groups attached to an aromatic ring is 1. The van der Waals surface area contributed by atoms with E-state index in [2.05, 4.69) is 33.0 Å². The fourth-order valence-electron chi connectivity index (χ4n) is 3.41. The molecule has 0 amide bonds. The number of para-hydroxylation sites is 1. The number of aromatic nitrogens is 1. The molecule has 1 fully saturated rings. The number of hydrogen-bond acceptors (Lipinski definition) is 5. The molecule has 2 aromatic carbocycles. The van der Waals surface area contributed by atoms with Crippen molar-refractivity contribution in [2.45, 2.75) is 6.42 Å². The van der Waals surface area contributed by atoms with E-state index in [4.69, 9.17) is 28.9 Å². The van der Waals surface area contributed by atoms with Crippen LogP contribution in [0.4, 0.5) is 10.8 Å². The summed E-state index contributed by atoms with van der Waals surface area (Å²) in [6.45, 7) is 5.09. The Morgan fingerprint density at radius 2 is 1.85 bits per heavy atom. The number of halogens is 2. The number of fused-ring (bicyclic) bond motifs is 1. The first kappa shape index (κ1) is 17.9. The molecule has 4 rings (SSSR count). The highest BCUT2D eigenvalue weighted by atomic mass is 35.5. The van der Waals surface area contributed by atoms with Gasteiger partial charge in [0.25, 0.3) is 0 Å². The molecule has 4 nitrogen and oxygen atoms in total. The van der Waals surface area contributed by atoms with Crippen molar-refractivity contribution in [2.75, 3.05) is 43.4 Å². The van der Waals surface area contributed by atoms with Gasteiger partial charge in [-0.15, -0.1) is 0 Å². The Hall–Kier alpha value is -1.53. The second-order valence-corrected chi connectivity index (χ2v) is 8.37. The van der Waals surface area contributed by atoms with Gasteiger partial charge in [0.2, 0.25) is 0 Å². The molecule has 0 bridgehead atoms. The van der Waals surface area contributed by atoms with E-state index in [1.165, 1.54) is 10.3 Å². The standard InChI is InChI=1S/C19H20Cl2N4S/c20-15-5-4-14(12-16(15)21)25-10-8-24(9-11-25)7-6-13-2-1-3-17-18(13)23-19(22)26-17/h1-5,12H,6-11H2,(H2,22,23). The van der Waals surface area contributed by atoms with Crippen molar-refractivity contribution < 1.29 is 0 Å². The zero-order valence-electron chi connectivity index (χ0n) is 14.3. The van der Waals surface area contributed by atoms with Crippen LogP contribution >= 0.6 is 34.5 Å². The summed E-state index contributed by atoms with van der Waals surface area (Å²) in [5.41, 5.74) is 9.34. The molecule has 2 N–H and O–H groups in total. The van der Waals surface area contributed by atoms with Gasteiger partial charge in [0.15, 0.2) is 5.13 Å². The summed E-state index contributed by atoms with van der Waals surface area (Å²) in [6, 6.07) is 12.2. The Morgan fingerprint density at radius 1 is 1.04 bits per heavy atom. The smallest absolute Gasteiger partial charge is 0.181 e. The monoisotopic (exact) mass is 406 g/mol. The Balaban J connectivity index is 1.35. The molecule has 1 saturated heterocycles. The zero-order chi connectivity index (χ0) is 18.1. The molecule has 26 heavy (non-hydrogen) atoms. The number of rotatable bonds is 4. The number of nitrogens with zero attached hydrogens (tertiary/aromatic N) is 3. The molecule has 136 valence electrons. The minimum absolute atomic E-state index is 0.603. The Bertz CT molecular complexity index is 919. The van der Waals surface area contributed by atoms with Gasteiger partial charge in [0, 0.05) is 38.4 Å². The maximum absolute atomic E-state index is 6.15. The van der Waals surface area contributed by atoms with Gasteiger partial charge in [-0.3, -0.25) is 4.90 Å². The van der Waals surface area contributed by atoms with E-state index in [0.29, 0.717) is 15.2 Å². The second-order valence-electron chi connectivity index (χ2n) is 6.49. The Kier molecular flexibility index (Phi) is 5.23. The lowest BCUT2D eigenvalue weighted by atomic mass is 10.1. The molecule has 1 aliphatic rings. The van der Waals surface area contributed by atoms with Gasteiger partial charge in [-0.1, -0.05) is 46.7 Å². The number of nitrogens with two attached hydrogens (primary N) is 1. The third-order valence-electron chi connectivity index (χ3n) is 4.86. The SMILES string of the molecule is Nc1nc2c(CCN3CCN(c4ccc(Cl)c(Cl)c4)CC3)cccc2s1. The molecule has 0 atom stereocenters. The molecule has 0 aliphatic carbocycles. The predicted molar refractivity (Wildman–Crippen MR) is 113 cm³/mol. The maximum Gasteiger partial charge on any atom is 0.181 e. The molecule has 0 radical (unpaired) electrons. The van der Waals surface area contributed by atoms with Crippen LogP contribution in [0.3, 0.4) is 0 Å². The Labute approximate surface area is 167 Å². The van der Waals surface area contributed by atoms with Crippen molar-refractivity contribution in [2.24, 2.45) is 0 Å². The molecule has 0 spiro atoms. The van der Waals surface area contributed by atoms with Gasteiger partial charge in [0.1, 0.15) is 0 Å². The average Bonchev–Trinajstić information content (AvgIpc) is 3.03. The lowest BCUT2D eigenvalue weighted by Crippen LogP contribution is -2.47. The number of anilines is 2. The lowest BCUT2D eigenvalue weighted by Gasteiger charge is -2.36. The van der Waals surface area contributed by atoms with E-state index >= 15 is 0 Å². The molecule has 0 unspecified atom stereocenters. The number of benzene rings is 2. The van der Waals surface area contributed by atoms with Crippen molar-refractivity contribution in [3.63, 3.8) is 0 Å². The average molecular weight is 407 g/mol. The second kappa shape index (κ2) is 7.61. The molecule has 1 aromatic heterocycles. The fourth-order valence-corrected chi connectivity index (χ4v) is 4.49. The lowest BCUT2D eigenvalue weighted by molar-refractivity contribution is 0.261. The summed E-state index contributed by atoms with van der Waals surface area (Å²) in [5.74, 6) is 0. The van der Waals surface area contributed by atoms with Crippen molar-refractivity contribution in [1.82, 2.24) is 9.88 Å². The van der Waals surface area contributed by atoms with Crippen LogP contribution in [-0.4, -0.2) is 42.6 Å². The first-order valence-corrected chi connectivity index (χ1v) is 10.2. The van der Waals surface area contributed by atoms with Crippen LogP contribution in [0, 0.1) is 0 Å². The predicted octanol–water partition coefficient (Wildman–Crippen LogP) is 4.55. The van der Waals surface area contributed by atoms with Crippen LogP contribution in [-0.2, 0) is 6.42 Å². The first-order valence-electron chi connectivity index (χ1n) is 8.66. The van der Waals surface area contributed by atoms with Crippen LogP contribution in [0.25, 0.3) is 10.2 Å². The third-order valence-corrected chi connectivity index (χ3v) is 6.45. The summed E-state index contributed by atoms with van der Waals surface area (Å²) in [7, 11) is 0. The number of piperazine rings is 1. The largest absolute Gasteiger partial charge is 0.375 e. The van der Waals surface area contributed by atoms with E-state index in [1.807, 2.05) is 18.2 Å². The molecular weight excluding hydrogens is 387 g/mol. The minimum Gasteiger partial charge on any atom is -0.375 e. The zero-order valence-corrected chi connectivity index (χ0v) is 16.6. The van der Waals surface area contributed by atoms with Gasteiger partial charge in [-0.25, -0.2) is 4.98 Å². The van der Waals surface area contributed by atoms with E-state index in [1.54, 1.807) is 11.3 Å². The summed E-state index contributed by atoms with van der Waals surface area (Å²) in [6.07, 6.45) is 0.993. The van der Waals surface area contributed by atoms with E-state index in [-0.39, 0.29) is 0 Å². The van der Waals surface area contributed by atoms with Crippen molar-refractivity contribution in [3.05, 3.63) is 52.0 Å².